The van der Waals surface area contributed by atoms with Gasteiger partial charge in [-0.3, -0.25) is 4.79 Å². The lowest BCUT2D eigenvalue weighted by Crippen LogP contribution is -2.22. The lowest BCUT2D eigenvalue weighted by molar-refractivity contribution is -0.215. The number of halogens is 3. The quantitative estimate of drug-likeness (QED) is 0.467. The molecule has 9 heteroatoms. The molecule has 32 heavy (non-hydrogen) atoms. The van der Waals surface area contributed by atoms with Crippen LogP contribution >= 0.6 is 0 Å². The van der Waals surface area contributed by atoms with Crippen LogP contribution in [0.1, 0.15) is 17.2 Å². The number of anilines is 1. The second-order valence-corrected chi connectivity index (χ2v) is 7.18. The molecule has 1 atom stereocenters. The van der Waals surface area contributed by atoms with Gasteiger partial charge in [-0.25, -0.2) is 9.50 Å². The van der Waals surface area contributed by atoms with E-state index in [1.165, 1.54) is 30.6 Å². The number of benzene rings is 2. The summed E-state index contributed by atoms with van der Waals surface area (Å²) in [5.74, 6) is -0.269. The fourth-order valence-electron chi connectivity index (χ4n) is 3.40. The predicted octanol–water partition coefficient (Wildman–Crippen LogP) is 4.83. The molecule has 2 aromatic heterocycles. The molecule has 0 radical (unpaired) electrons. The highest BCUT2D eigenvalue weighted by molar-refractivity contribution is 5.92. The number of pyridine rings is 1. The van der Waals surface area contributed by atoms with Crippen molar-refractivity contribution in [3.63, 3.8) is 0 Å². The zero-order chi connectivity index (χ0) is 22.7. The third-order valence-corrected chi connectivity index (χ3v) is 4.96. The Bertz CT molecular complexity index is 1220. The van der Waals surface area contributed by atoms with Gasteiger partial charge < -0.3 is 10.1 Å². The zero-order valence-electron chi connectivity index (χ0n) is 17.0. The lowest BCUT2D eigenvalue weighted by Gasteiger charge is -2.19. The number of nitrogens with one attached hydrogen (secondary N) is 1. The van der Waals surface area contributed by atoms with Gasteiger partial charge in [0, 0.05) is 19.0 Å². The molecular weight excluding hydrogens is 421 g/mol. The second-order valence-electron chi connectivity index (χ2n) is 7.18. The largest absolute Gasteiger partial charge is 0.418 e. The van der Waals surface area contributed by atoms with Crippen LogP contribution in [0.25, 0.3) is 16.8 Å². The van der Waals surface area contributed by atoms with Crippen molar-refractivity contribution < 1.29 is 22.7 Å². The minimum Gasteiger partial charge on any atom is -0.367 e. The number of ether oxygens (including phenoxy) is 1. The Kier molecular flexibility index (Phi) is 5.91. The van der Waals surface area contributed by atoms with E-state index in [4.69, 9.17) is 0 Å². The summed E-state index contributed by atoms with van der Waals surface area (Å²) in [5, 5.41) is 6.77. The molecule has 1 unspecified atom stereocenters. The number of alkyl halides is 3. The fraction of sp³-hybridized carbons (Fsp3) is 0.174. The molecule has 6 nitrogen and oxygen atoms in total. The molecule has 0 saturated heterocycles. The Balaban J connectivity index is 1.38. The van der Waals surface area contributed by atoms with Gasteiger partial charge in [0.15, 0.2) is 11.8 Å². The average Bonchev–Trinajstić information content (AvgIpc) is 3.23. The highest BCUT2D eigenvalue weighted by atomic mass is 19.4. The summed E-state index contributed by atoms with van der Waals surface area (Å²) in [6, 6.07) is 16.8. The average molecular weight is 440 g/mol. The van der Waals surface area contributed by atoms with E-state index in [9.17, 15) is 18.0 Å². The number of fused-ring (bicyclic) bond motifs is 1. The summed E-state index contributed by atoms with van der Waals surface area (Å²) in [4.78, 5) is 16.5. The third-order valence-electron chi connectivity index (χ3n) is 4.96. The molecule has 0 spiro atoms. The molecule has 164 valence electrons. The SMILES string of the molecule is COC(c1ccc(NC(=O)Cc2ccc(-c3ccn4ncnc4c3)cc2)cc1)C(F)(F)F. The first-order valence-corrected chi connectivity index (χ1v) is 9.71. The third kappa shape index (κ3) is 4.78. The van der Waals surface area contributed by atoms with Crippen molar-refractivity contribution in [2.24, 2.45) is 0 Å². The summed E-state index contributed by atoms with van der Waals surface area (Å²) in [7, 11) is 1.01. The Morgan fingerprint density at radius 3 is 2.44 bits per heavy atom. The van der Waals surface area contributed by atoms with Crippen LogP contribution in [-0.2, 0) is 16.0 Å². The minimum absolute atomic E-state index is 0.0297. The van der Waals surface area contributed by atoms with E-state index in [1.54, 1.807) is 4.52 Å². The van der Waals surface area contributed by atoms with Crippen molar-refractivity contribution in [2.45, 2.75) is 18.7 Å². The molecule has 4 aromatic rings. The summed E-state index contributed by atoms with van der Waals surface area (Å²) in [6.07, 6.45) is -3.06. The first-order chi connectivity index (χ1) is 15.3. The van der Waals surface area contributed by atoms with Crippen LogP contribution in [0.4, 0.5) is 18.9 Å². The highest BCUT2D eigenvalue weighted by Crippen LogP contribution is 2.35. The minimum atomic E-state index is -4.51. The molecule has 0 fully saturated rings. The number of nitrogens with zero attached hydrogens (tertiary/aromatic N) is 3. The Labute approximate surface area is 181 Å². The van der Waals surface area contributed by atoms with Crippen LogP contribution in [0, 0.1) is 0 Å². The van der Waals surface area contributed by atoms with E-state index in [-0.39, 0.29) is 17.9 Å². The van der Waals surface area contributed by atoms with Crippen molar-refractivity contribution in [1.82, 2.24) is 14.6 Å². The number of hydrogen-bond donors (Lipinski definition) is 1. The van der Waals surface area contributed by atoms with Gasteiger partial charge in [0.05, 0.1) is 6.42 Å². The second kappa shape index (κ2) is 8.80. The zero-order valence-corrected chi connectivity index (χ0v) is 17.0. The molecule has 0 aliphatic rings. The Morgan fingerprint density at radius 2 is 1.78 bits per heavy atom. The summed E-state index contributed by atoms with van der Waals surface area (Å²) in [5.41, 5.74) is 3.89. The van der Waals surface area contributed by atoms with Crippen molar-refractivity contribution >= 4 is 17.2 Å². The molecule has 2 heterocycles. The summed E-state index contributed by atoms with van der Waals surface area (Å²) in [6.45, 7) is 0. The molecule has 0 bridgehead atoms. The van der Waals surface area contributed by atoms with E-state index >= 15 is 0 Å². The van der Waals surface area contributed by atoms with Crippen LogP contribution in [-0.4, -0.2) is 33.8 Å². The molecule has 0 saturated carbocycles. The van der Waals surface area contributed by atoms with Crippen molar-refractivity contribution in [3.05, 3.63) is 84.3 Å². The van der Waals surface area contributed by atoms with Crippen molar-refractivity contribution in [3.8, 4) is 11.1 Å². The van der Waals surface area contributed by atoms with Crippen LogP contribution in [0.15, 0.2) is 73.2 Å². The van der Waals surface area contributed by atoms with Gasteiger partial charge in [0.1, 0.15) is 6.33 Å². The number of carbonyl (C=O) groups excluding carboxylic acids is 1. The van der Waals surface area contributed by atoms with Crippen molar-refractivity contribution in [1.29, 1.82) is 0 Å². The number of hydrogen-bond acceptors (Lipinski definition) is 4. The van der Waals surface area contributed by atoms with Gasteiger partial charge in [-0.2, -0.15) is 18.3 Å². The topological polar surface area (TPSA) is 68.5 Å². The molecule has 1 amide bonds. The van der Waals surface area contributed by atoms with Crippen molar-refractivity contribution in [2.75, 3.05) is 12.4 Å². The number of carbonyl (C=O) groups is 1. The molecule has 4 rings (SSSR count). The molecule has 0 aliphatic carbocycles. The molecular formula is C23H19F3N4O2. The Hall–Kier alpha value is -3.72. The van der Waals surface area contributed by atoms with Gasteiger partial charge >= 0.3 is 6.18 Å². The number of aromatic nitrogens is 3. The van der Waals surface area contributed by atoms with Gasteiger partial charge in [-0.1, -0.05) is 36.4 Å². The van der Waals surface area contributed by atoms with E-state index in [0.29, 0.717) is 5.69 Å². The van der Waals surface area contributed by atoms with Gasteiger partial charge in [-0.05, 0) is 46.5 Å². The molecule has 1 N–H and O–H groups in total. The predicted molar refractivity (Wildman–Crippen MR) is 113 cm³/mol. The van der Waals surface area contributed by atoms with Gasteiger partial charge in [0.2, 0.25) is 5.91 Å². The van der Waals surface area contributed by atoms with Crippen LogP contribution in [0.3, 0.4) is 0 Å². The standard InChI is InChI=1S/C23H19F3N4O2/c1-32-22(23(24,25)26)17-6-8-19(9-7-17)29-21(31)12-15-2-4-16(5-3-15)18-10-11-30-20(13-18)27-14-28-30/h2-11,13-14,22H,12H2,1H3,(H,29,31). The van der Waals surface area contributed by atoms with Crippen LogP contribution in [0.2, 0.25) is 0 Å². The van der Waals surface area contributed by atoms with E-state index in [2.05, 4.69) is 20.1 Å². The van der Waals surface area contributed by atoms with E-state index < -0.39 is 12.3 Å². The summed E-state index contributed by atoms with van der Waals surface area (Å²) >= 11 is 0. The van der Waals surface area contributed by atoms with E-state index in [1.807, 2.05) is 42.6 Å². The van der Waals surface area contributed by atoms with Gasteiger partial charge in [-0.15, -0.1) is 0 Å². The van der Waals surface area contributed by atoms with E-state index in [0.717, 1.165) is 29.4 Å². The molecule has 2 aromatic carbocycles. The molecule has 0 aliphatic heterocycles. The fourth-order valence-corrected chi connectivity index (χ4v) is 3.40. The maximum absolute atomic E-state index is 12.9. The first kappa shape index (κ1) is 21.5. The van der Waals surface area contributed by atoms with Crippen LogP contribution < -0.4 is 5.32 Å². The number of methoxy groups -OCH3 is 1. The first-order valence-electron chi connectivity index (χ1n) is 9.71. The maximum atomic E-state index is 12.9. The number of amides is 1. The number of rotatable bonds is 6. The smallest absolute Gasteiger partial charge is 0.367 e. The Morgan fingerprint density at radius 1 is 1.06 bits per heavy atom. The monoisotopic (exact) mass is 440 g/mol. The highest BCUT2D eigenvalue weighted by Gasteiger charge is 2.41. The lowest BCUT2D eigenvalue weighted by atomic mass is 10.0. The van der Waals surface area contributed by atoms with Crippen LogP contribution in [0.5, 0.6) is 0 Å². The summed E-state index contributed by atoms with van der Waals surface area (Å²) < 4.78 is 45.1. The maximum Gasteiger partial charge on any atom is 0.418 e. The van der Waals surface area contributed by atoms with Gasteiger partial charge in [0.25, 0.3) is 0 Å². The normalized spacial score (nSPS) is 12.6.